The first-order chi connectivity index (χ1) is 15.2. The molecular weight excluding hydrogens is 540 g/mol. The predicted octanol–water partition coefficient (Wildman–Crippen LogP) is 4.57. The minimum Gasteiger partial charge on any atom is -0.345 e. The number of piperazine rings is 1. The summed E-state index contributed by atoms with van der Waals surface area (Å²) in [5, 5.41) is 13.9. The molecule has 12 heteroatoms. The standard InChI is InChI=1S/C20H18BrClN4O4S2/c21-15-3-1-2-14(10-15)11-16-13-31-20(23-16)24-6-8-25(9-7-24)32(29,30)17-4-5-18(22)19(12-17)26(27)28/h1-5,10,12-13H,6-9,11H2. The second-order valence-electron chi connectivity index (χ2n) is 7.19. The Morgan fingerprint density at radius 1 is 1.16 bits per heavy atom. The van der Waals surface area contributed by atoms with Gasteiger partial charge in [0.2, 0.25) is 10.0 Å². The van der Waals surface area contributed by atoms with Crippen molar-refractivity contribution in [2.24, 2.45) is 0 Å². The molecule has 0 N–H and O–H groups in total. The first-order valence-corrected chi connectivity index (χ1v) is 13.1. The number of hydrogen-bond acceptors (Lipinski definition) is 7. The monoisotopic (exact) mass is 556 g/mol. The second kappa shape index (κ2) is 9.44. The molecule has 0 radical (unpaired) electrons. The molecule has 2 heterocycles. The fourth-order valence-corrected chi connectivity index (χ4v) is 6.40. The number of nitrogens with zero attached hydrogens (tertiary/aromatic N) is 4. The van der Waals surface area contributed by atoms with Crippen LogP contribution >= 0.6 is 38.9 Å². The molecule has 1 aromatic heterocycles. The number of nitro groups is 1. The molecule has 168 valence electrons. The van der Waals surface area contributed by atoms with Gasteiger partial charge < -0.3 is 4.90 Å². The highest BCUT2D eigenvalue weighted by Gasteiger charge is 2.31. The summed E-state index contributed by atoms with van der Waals surface area (Å²) in [6.07, 6.45) is 0.722. The van der Waals surface area contributed by atoms with Crippen molar-refractivity contribution >= 4 is 59.7 Å². The number of nitro benzene ring substituents is 1. The fourth-order valence-electron chi connectivity index (χ4n) is 3.44. The minimum absolute atomic E-state index is 0.0961. The summed E-state index contributed by atoms with van der Waals surface area (Å²) in [5.74, 6) is 0. The van der Waals surface area contributed by atoms with Crippen LogP contribution in [-0.2, 0) is 16.4 Å². The first kappa shape index (κ1) is 23.1. The van der Waals surface area contributed by atoms with E-state index in [4.69, 9.17) is 16.6 Å². The average Bonchev–Trinajstić information content (AvgIpc) is 3.22. The molecule has 1 fully saturated rings. The molecule has 1 aliphatic rings. The van der Waals surface area contributed by atoms with Crippen LogP contribution in [0.1, 0.15) is 11.3 Å². The quantitative estimate of drug-likeness (QED) is 0.325. The highest BCUT2D eigenvalue weighted by molar-refractivity contribution is 9.10. The molecule has 0 spiro atoms. The van der Waals surface area contributed by atoms with E-state index in [1.165, 1.54) is 27.8 Å². The van der Waals surface area contributed by atoms with E-state index < -0.39 is 20.6 Å². The van der Waals surface area contributed by atoms with Crippen LogP contribution in [0.3, 0.4) is 0 Å². The van der Waals surface area contributed by atoms with Gasteiger partial charge in [-0.25, -0.2) is 13.4 Å². The third kappa shape index (κ3) is 4.96. The van der Waals surface area contributed by atoms with Gasteiger partial charge in [-0.2, -0.15) is 4.31 Å². The molecule has 2 aromatic carbocycles. The van der Waals surface area contributed by atoms with E-state index in [-0.39, 0.29) is 23.0 Å². The van der Waals surface area contributed by atoms with Crippen LogP contribution in [0.2, 0.25) is 5.02 Å². The molecule has 8 nitrogen and oxygen atoms in total. The summed E-state index contributed by atoms with van der Waals surface area (Å²) < 4.78 is 28.3. The molecule has 0 bridgehead atoms. The largest absolute Gasteiger partial charge is 0.345 e. The average molecular weight is 558 g/mol. The molecule has 1 saturated heterocycles. The molecular formula is C20H18BrClN4O4S2. The number of benzene rings is 2. The van der Waals surface area contributed by atoms with Crippen LogP contribution in [0.5, 0.6) is 0 Å². The zero-order valence-corrected chi connectivity index (χ0v) is 20.6. The van der Waals surface area contributed by atoms with E-state index in [1.807, 2.05) is 17.5 Å². The van der Waals surface area contributed by atoms with Gasteiger partial charge in [0, 0.05) is 48.5 Å². The van der Waals surface area contributed by atoms with Gasteiger partial charge in [0.25, 0.3) is 5.69 Å². The van der Waals surface area contributed by atoms with Crippen molar-refractivity contribution in [1.29, 1.82) is 0 Å². The normalized spacial score (nSPS) is 15.1. The van der Waals surface area contributed by atoms with Crippen molar-refractivity contribution in [3.8, 4) is 0 Å². The Labute approximate surface area is 202 Å². The van der Waals surface area contributed by atoms with E-state index in [1.54, 1.807) is 0 Å². The molecule has 0 unspecified atom stereocenters. The van der Waals surface area contributed by atoms with Crippen LogP contribution in [0.4, 0.5) is 10.8 Å². The molecule has 0 saturated carbocycles. The van der Waals surface area contributed by atoms with E-state index >= 15 is 0 Å². The SMILES string of the molecule is O=[N+]([O-])c1cc(S(=O)(=O)N2CCN(c3nc(Cc4cccc(Br)c4)cs3)CC2)ccc1Cl. The first-order valence-electron chi connectivity index (χ1n) is 9.62. The zero-order valence-electron chi connectivity index (χ0n) is 16.6. The third-order valence-electron chi connectivity index (χ3n) is 5.08. The van der Waals surface area contributed by atoms with Gasteiger partial charge in [-0.15, -0.1) is 11.3 Å². The predicted molar refractivity (Wildman–Crippen MR) is 128 cm³/mol. The zero-order chi connectivity index (χ0) is 22.9. The molecule has 0 atom stereocenters. The van der Waals surface area contributed by atoms with E-state index in [0.29, 0.717) is 13.1 Å². The number of rotatable bonds is 6. The summed E-state index contributed by atoms with van der Waals surface area (Å²) in [7, 11) is -3.86. The van der Waals surface area contributed by atoms with E-state index in [2.05, 4.69) is 33.0 Å². The van der Waals surface area contributed by atoms with Crippen molar-refractivity contribution in [3.05, 3.63) is 78.7 Å². The number of halogens is 2. The van der Waals surface area contributed by atoms with Crippen molar-refractivity contribution in [2.45, 2.75) is 11.3 Å². The van der Waals surface area contributed by atoms with Gasteiger partial charge in [0.1, 0.15) is 5.02 Å². The number of thiazole rings is 1. The van der Waals surface area contributed by atoms with Gasteiger partial charge in [-0.1, -0.05) is 39.7 Å². The lowest BCUT2D eigenvalue weighted by Gasteiger charge is -2.33. The van der Waals surface area contributed by atoms with Gasteiger partial charge in [-0.05, 0) is 29.8 Å². The lowest BCUT2D eigenvalue weighted by molar-refractivity contribution is -0.384. The highest BCUT2D eigenvalue weighted by atomic mass is 79.9. The number of sulfonamides is 1. The summed E-state index contributed by atoms with van der Waals surface area (Å²) in [6.45, 7) is 1.50. The number of aromatic nitrogens is 1. The van der Waals surface area contributed by atoms with Gasteiger partial charge in [-0.3, -0.25) is 10.1 Å². The third-order valence-corrected chi connectivity index (χ3v) is 8.73. The second-order valence-corrected chi connectivity index (χ2v) is 11.3. The topological polar surface area (TPSA) is 96.6 Å². The van der Waals surface area contributed by atoms with Crippen molar-refractivity contribution in [3.63, 3.8) is 0 Å². The van der Waals surface area contributed by atoms with Gasteiger partial charge >= 0.3 is 0 Å². The van der Waals surface area contributed by atoms with Crippen LogP contribution < -0.4 is 4.90 Å². The van der Waals surface area contributed by atoms with Crippen LogP contribution in [0.25, 0.3) is 0 Å². The maximum Gasteiger partial charge on any atom is 0.289 e. The van der Waals surface area contributed by atoms with Crippen molar-refractivity contribution in [2.75, 3.05) is 31.1 Å². The smallest absolute Gasteiger partial charge is 0.289 e. The van der Waals surface area contributed by atoms with E-state index in [9.17, 15) is 18.5 Å². The molecule has 4 rings (SSSR count). The molecule has 3 aromatic rings. The maximum absolute atomic E-state index is 13.0. The molecule has 1 aliphatic heterocycles. The van der Waals surface area contributed by atoms with Crippen LogP contribution in [0, 0.1) is 10.1 Å². The minimum atomic E-state index is -3.86. The van der Waals surface area contributed by atoms with E-state index in [0.717, 1.165) is 33.3 Å². The Morgan fingerprint density at radius 2 is 1.91 bits per heavy atom. The van der Waals surface area contributed by atoms with Gasteiger partial charge in [0.05, 0.1) is 15.5 Å². The fraction of sp³-hybridized carbons (Fsp3) is 0.250. The summed E-state index contributed by atoms with van der Waals surface area (Å²) in [5.41, 5.74) is 1.70. The maximum atomic E-state index is 13.0. The Hall–Kier alpha value is -2.05. The van der Waals surface area contributed by atoms with Crippen molar-refractivity contribution in [1.82, 2.24) is 9.29 Å². The molecule has 32 heavy (non-hydrogen) atoms. The number of anilines is 1. The molecule has 0 aliphatic carbocycles. The Bertz CT molecular complexity index is 1260. The lowest BCUT2D eigenvalue weighted by Crippen LogP contribution is -2.48. The summed E-state index contributed by atoms with van der Waals surface area (Å²) in [4.78, 5) is 17.1. The summed E-state index contributed by atoms with van der Waals surface area (Å²) in [6, 6.07) is 11.6. The Morgan fingerprint density at radius 3 is 2.59 bits per heavy atom. The molecule has 0 amide bonds. The Kier molecular flexibility index (Phi) is 6.82. The lowest BCUT2D eigenvalue weighted by atomic mass is 10.1. The summed E-state index contributed by atoms with van der Waals surface area (Å²) >= 11 is 10.8. The Balaban J connectivity index is 1.42. The highest BCUT2D eigenvalue weighted by Crippen LogP contribution is 2.30. The van der Waals surface area contributed by atoms with Gasteiger partial charge in [0.15, 0.2) is 5.13 Å². The number of hydrogen-bond donors (Lipinski definition) is 0. The van der Waals surface area contributed by atoms with Crippen molar-refractivity contribution < 1.29 is 13.3 Å². The van der Waals surface area contributed by atoms with Crippen LogP contribution in [-0.4, -0.2) is 48.8 Å². The van der Waals surface area contributed by atoms with Crippen LogP contribution in [0.15, 0.2) is 57.2 Å².